The SMILES string of the molecule is CS1(OS(=O)(=O)C(F)(F)F)CCC(=O)C1. The number of carbonyl (C=O) groups is 1. The highest BCUT2D eigenvalue weighted by Gasteiger charge is 2.51. The van der Waals surface area contributed by atoms with Gasteiger partial charge in [-0.15, -0.1) is 10.3 Å². The number of hydrogen-bond donors (Lipinski definition) is 0. The van der Waals surface area contributed by atoms with Gasteiger partial charge < -0.3 is 0 Å². The molecule has 0 aromatic rings. The first kappa shape index (κ1) is 12.8. The fourth-order valence-electron chi connectivity index (χ4n) is 1.13. The van der Waals surface area contributed by atoms with E-state index in [1.165, 1.54) is 6.26 Å². The maximum absolute atomic E-state index is 12.0. The number of halogens is 3. The largest absolute Gasteiger partial charge is 0.523 e. The molecule has 9 heteroatoms. The highest BCUT2D eigenvalue weighted by molar-refractivity contribution is 8.33. The molecule has 0 spiro atoms. The minimum Gasteiger partial charge on any atom is -0.299 e. The van der Waals surface area contributed by atoms with Crippen LogP contribution < -0.4 is 0 Å². The lowest BCUT2D eigenvalue weighted by molar-refractivity contribution is -0.115. The van der Waals surface area contributed by atoms with Gasteiger partial charge in [0.15, 0.2) is 0 Å². The maximum atomic E-state index is 12.0. The lowest BCUT2D eigenvalue weighted by Crippen LogP contribution is -2.27. The Labute approximate surface area is 86.4 Å². The normalized spacial score (nSPS) is 32.7. The number of rotatable bonds is 2. The second-order valence-electron chi connectivity index (χ2n) is 3.29. The highest BCUT2D eigenvalue weighted by atomic mass is 32.3. The monoisotopic (exact) mass is 266 g/mol. The van der Waals surface area contributed by atoms with Gasteiger partial charge in [-0.3, -0.25) is 4.79 Å². The summed E-state index contributed by atoms with van der Waals surface area (Å²) in [6, 6.07) is 0. The van der Waals surface area contributed by atoms with Crippen molar-refractivity contribution in [2.45, 2.75) is 11.9 Å². The van der Waals surface area contributed by atoms with Crippen LogP contribution in [0, 0.1) is 0 Å². The minimum absolute atomic E-state index is 0.0706. The molecular formula is C6H9F3O4S2. The summed E-state index contributed by atoms with van der Waals surface area (Å²) in [6.45, 7) is 0. The van der Waals surface area contributed by atoms with Gasteiger partial charge in [0, 0.05) is 12.2 Å². The summed E-state index contributed by atoms with van der Waals surface area (Å²) >= 11 is 0. The molecule has 1 aliphatic rings. The van der Waals surface area contributed by atoms with Crippen LogP contribution in [0.15, 0.2) is 0 Å². The Morgan fingerprint density at radius 1 is 1.40 bits per heavy atom. The van der Waals surface area contributed by atoms with E-state index in [1.54, 1.807) is 0 Å². The van der Waals surface area contributed by atoms with Gasteiger partial charge in [-0.1, -0.05) is 0 Å². The van der Waals surface area contributed by atoms with Crippen LogP contribution in [0.4, 0.5) is 13.2 Å². The zero-order chi connectivity index (χ0) is 11.9. The average Bonchev–Trinajstić information content (AvgIpc) is 2.26. The molecule has 0 aromatic carbocycles. The predicted molar refractivity (Wildman–Crippen MR) is 48.9 cm³/mol. The minimum atomic E-state index is -5.58. The Balaban J connectivity index is 2.83. The third kappa shape index (κ3) is 2.85. The molecule has 1 rings (SSSR count). The maximum Gasteiger partial charge on any atom is 0.523 e. The van der Waals surface area contributed by atoms with Crippen LogP contribution in [0.3, 0.4) is 0 Å². The van der Waals surface area contributed by atoms with Gasteiger partial charge in [-0.2, -0.15) is 21.6 Å². The summed E-state index contributed by atoms with van der Waals surface area (Å²) in [5.41, 5.74) is -5.42. The molecular weight excluding hydrogens is 257 g/mol. The van der Waals surface area contributed by atoms with Crippen LogP contribution in [-0.4, -0.2) is 37.5 Å². The summed E-state index contributed by atoms with van der Waals surface area (Å²) < 4.78 is 61.4. The van der Waals surface area contributed by atoms with Crippen LogP contribution in [-0.2, 0) is 18.5 Å². The van der Waals surface area contributed by atoms with Gasteiger partial charge >= 0.3 is 15.6 Å². The molecule has 0 radical (unpaired) electrons. The number of Topliss-reactive ketones (excluding diaryl/α,β-unsaturated/α-hetero) is 1. The third-order valence-corrected chi connectivity index (χ3v) is 6.41. The fourth-order valence-corrected chi connectivity index (χ4v) is 5.26. The van der Waals surface area contributed by atoms with Crippen molar-refractivity contribution in [2.75, 3.05) is 17.8 Å². The zero-order valence-corrected chi connectivity index (χ0v) is 9.34. The second kappa shape index (κ2) is 3.63. The lowest BCUT2D eigenvalue weighted by atomic mass is 10.4. The van der Waals surface area contributed by atoms with Crippen LogP contribution in [0.25, 0.3) is 0 Å². The van der Waals surface area contributed by atoms with Crippen molar-refractivity contribution in [3.05, 3.63) is 0 Å². The molecule has 1 aliphatic heterocycles. The van der Waals surface area contributed by atoms with E-state index >= 15 is 0 Å². The van der Waals surface area contributed by atoms with Crippen molar-refractivity contribution in [2.24, 2.45) is 0 Å². The van der Waals surface area contributed by atoms with Crippen LogP contribution in [0.5, 0.6) is 0 Å². The van der Waals surface area contributed by atoms with Gasteiger partial charge in [0.1, 0.15) is 5.78 Å². The smallest absolute Gasteiger partial charge is 0.299 e. The summed E-state index contributed by atoms with van der Waals surface area (Å²) in [5.74, 6) is -0.409. The number of hydrogen-bond acceptors (Lipinski definition) is 4. The molecule has 0 amide bonds. The van der Waals surface area contributed by atoms with Gasteiger partial charge in [-0.05, 0) is 6.26 Å². The molecule has 1 unspecified atom stereocenters. The van der Waals surface area contributed by atoms with Crippen molar-refractivity contribution in [1.29, 1.82) is 0 Å². The lowest BCUT2D eigenvalue weighted by Gasteiger charge is -2.28. The molecule has 0 N–H and O–H groups in total. The van der Waals surface area contributed by atoms with Crippen molar-refractivity contribution in [3.63, 3.8) is 0 Å². The number of ketones is 1. The Kier molecular flexibility index (Phi) is 3.10. The average molecular weight is 266 g/mol. The summed E-state index contributed by atoms with van der Waals surface area (Å²) in [5, 5.41) is 0. The Morgan fingerprint density at radius 2 is 1.93 bits per heavy atom. The Morgan fingerprint density at radius 3 is 2.27 bits per heavy atom. The van der Waals surface area contributed by atoms with E-state index in [4.69, 9.17) is 0 Å². The summed E-state index contributed by atoms with van der Waals surface area (Å²) in [7, 11) is -8.03. The topological polar surface area (TPSA) is 60.4 Å². The first-order chi connectivity index (χ1) is 6.56. The van der Waals surface area contributed by atoms with E-state index < -0.39 is 25.9 Å². The zero-order valence-electron chi connectivity index (χ0n) is 7.70. The molecule has 1 heterocycles. The second-order valence-corrected chi connectivity index (χ2v) is 8.27. The van der Waals surface area contributed by atoms with Crippen molar-refractivity contribution in [1.82, 2.24) is 0 Å². The first-order valence-corrected chi connectivity index (χ1v) is 7.55. The molecule has 4 nitrogen and oxygen atoms in total. The van der Waals surface area contributed by atoms with Crippen molar-refractivity contribution < 1.29 is 30.0 Å². The third-order valence-electron chi connectivity index (χ3n) is 1.82. The predicted octanol–water partition coefficient (Wildman–Crippen LogP) is 1.17. The Hall–Kier alpha value is -0.280. The summed E-state index contributed by atoms with van der Waals surface area (Å²) in [4.78, 5) is 10.9. The Bertz CT molecular complexity index is 374. The summed E-state index contributed by atoms with van der Waals surface area (Å²) in [6.07, 6.45) is 1.35. The number of carbonyl (C=O) groups excluding carboxylic acids is 1. The molecule has 1 saturated heterocycles. The van der Waals surface area contributed by atoms with E-state index in [9.17, 15) is 26.4 Å². The van der Waals surface area contributed by atoms with Crippen molar-refractivity contribution >= 4 is 26.2 Å². The molecule has 0 bridgehead atoms. The van der Waals surface area contributed by atoms with E-state index in [1.807, 2.05) is 0 Å². The van der Waals surface area contributed by atoms with Crippen LogP contribution in [0.1, 0.15) is 6.42 Å². The van der Waals surface area contributed by atoms with E-state index in [-0.39, 0.29) is 23.7 Å². The van der Waals surface area contributed by atoms with E-state index in [0.29, 0.717) is 0 Å². The van der Waals surface area contributed by atoms with Crippen LogP contribution >= 0.6 is 10.3 Å². The molecule has 0 saturated carbocycles. The van der Waals surface area contributed by atoms with Gasteiger partial charge in [0.25, 0.3) is 0 Å². The molecule has 0 aliphatic carbocycles. The van der Waals surface area contributed by atoms with Gasteiger partial charge in [0.2, 0.25) is 0 Å². The van der Waals surface area contributed by atoms with Gasteiger partial charge in [0.05, 0.1) is 5.75 Å². The molecule has 0 aromatic heterocycles. The quantitative estimate of drug-likeness (QED) is 0.704. The first-order valence-electron chi connectivity index (χ1n) is 3.83. The standard InChI is InChI=1S/C6H9F3O4S2/c1-14(3-2-5(10)4-14)13-15(11,12)6(7,8)9/h2-4H2,1H3. The number of alkyl halides is 3. The molecule has 1 fully saturated rings. The fraction of sp³-hybridized carbons (Fsp3) is 0.833. The van der Waals surface area contributed by atoms with E-state index in [2.05, 4.69) is 3.63 Å². The van der Waals surface area contributed by atoms with Gasteiger partial charge in [-0.25, -0.2) is 3.63 Å². The van der Waals surface area contributed by atoms with Crippen LogP contribution in [0.2, 0.25) is 0 Å². The molecule has 90 valence electrons. The molecule has 1 atom stereocenters. The van der Waals surface area contributed by atoms with E-state index in [0.717, 1.165) is 0 Å². The van der Waals surface area contributed by atoms with Crippen molar-refractivity contribution in [3.8, 4) is 0 Å². The highest BCUT2D eigenvalue weighted by Crippen LogP contribution is 2.53. The molecule has 15 heavy (non-hydrogen) atoms.